The van der Waals surface area contributed by atoms with E-state index >= 15 is 0 Å². The molecule has 0 bridgehead atoms. The van der Waals surface area contributed by atoms with Gasteiger partial charge in [-0.2, -0.15) is 0 Å². The lowest BCUT2D eigenvalue weighted by Gasteiger charge is -2.15. The second-order valence-electron chi connectivity index (χ2n) is 15.0. The fourth-order valence-electron chi connectivity index (χ4n) is 6.10. The Morgan fingerprint density at radius 3 is 1.53 bits per heavy atom. The number of amides is 1. The van der Waals surface area contributed by atoms with Crippen LogP contribution in [0.4, 0.5) is 0 Å². The summed E-state index contributed by atoms with van der Waals surface area (Å²) in [6.45, 7) is 3.49. The predicted octanol–water partition coefficient (Wildman–Crippen LogP) is 12.6. The van der Waals surface area contributed by atoms with Crippen LogP contribution >= 0.6 is 7.82 Å². The maximum atomic E-state index is 12.1. The van der Waals surface area contributed by atoms with Gasteiger partial charge in [-0.05, 0) is 64.2 Å². The second-order valence-corrected chi connectivity index (χ2v) is 16.5. The highest BCUT2D eigenvalue weighted by Crippen LogP contribution is 2.42. The van der Waals surface area contributed by atoms with Gasteiger partial charge in [-0.1, -0.05) is 166 Å². The van der Waals surface area contributed by atoms with E-state index in [-0.39, 0.29) is 32.1 Å². The number of allylic oxidation sites excluding steroid dienone is 6. The van der Waals surface area contributed by atoms with Crippen LogP contribution in [0.15, 0.2) is 36.5 Å². The monoisotopic (exact) mass is 798 g/mol. The van der Waals surface area contributed by atoms with Gasteiger partial charge < -0.3 is 20.1 Å². The first-order valence-corrected chi connectivity index (χ1v) is 24.0. The molecule has 0 saturated carbocycles. The first-order chi connectivity index (χ1) is 26.8. The number of esters is 1. The SMILES string of the molecule is CCCC/C=C\CCCCCCCC(=O)NCCOP(=O)(O)OCC(O)COC(=O)CCCCCCCCCCCCCCC/C=C\C/C=C\CCCCC. The van der Waals surface area contributed by atoms with Crippen molar-refractivity contribution in [1.29, 1.82) is 0 Å². The van der Waals surface area contributed by atoms with Gasteiger partial charge in [0.2, 0.25) is 5.91 Å². The fourth-order valence-corrected chi connectivity index (χ4v) is 6.85. The minimum atomic E-state index is -4.41. The molecule has 0 aromatic carbocycles. The van der Waals surface area contributed by atoms with Gasteiger partial charge in [-0.15, -0.1) is 0 Å². The van der Waals surface area contributed by atoms with Crippen LogP contribution in [0.5, 0.6) is 0 Å². The summed E-state index contributed by atoms with van der Waals surface area (Å²) in [5, 5.41) is 12.7. The van der Waals surface area contributed by atoms with Crippen molar-refractivity contribution < 1.29 is 37.9 Å². The lowest BCUT2D eigenvalue weighted by Crippen LogP contribution is -2.27. The van der Waals surface area contributed by atoms with Crippen LogP contribution in [-0.4, -0.2) is 54.3 Å². The Morgan fingerprint density at radius 1 is 0.564 bits per heavy atom. The van der Waals surface area contributed by atoms with Crippen molar-refractivity contribution >= 4 is 19.7 Å². The first-order valence-electron chi connectivity index (χ1n) is 22.5. The number of carbonyl (C=O) groups excluding carboxylic acids is 2. The van der Waals surface area contributed by atoms with E-state index in [4.69, 9.17) is 13.8 Å². The Bertz CT molecular complexity index is 1000. The summed E-state index contributed by atoms with van der Waals surface area (Å²) in [5.41, 5.74) is 0. The van der Waals surface area contributed by atoms with Crippen molar-refractivity contribution in [2.24, 2.45) is 0 Å². The van der Waals surface area contributed by atoms with Gasteiger partial charge >= 0.3 is 13.8 Å². The van der Waals surface area contributed by atoms with Gasteiger partial charge in [0.15, 0.2) is 0 Å². The zero-order chi connectivity index (χ0) is 40.3. The number of aliphatic hydroxyl groups excluding tert-OH is 1. The molecule has 10 heteroatoms. The van der Waals surface area contributed by atoms with E-state index in [0.29, 0.717) is 6.42 Å². The van der Waals surface area contributed by atoms with Crippen molar-refractivity contribution in [3.05, 3.63) is 36.5 Å². The lowest BCUT2D eigenvalue weighted by molar-refractivity contribution is -0.147. The van der Waals surface area contributed by atoms with Gasteiger partial charge in [-0.25, -0.2) is 4.57 Å². The molecule has 2 unspecified atom stereocenters. The summed E-state index contributed by atoms with van der Waals surface area (Å²) in [7, 11) is -4.41. The summed E-state index contributed by atoms with van der Waals surface area (Å²) in [6, 6.07) is 0. The van der Waals surface area contributed by atoms with E-state index in [1.165, 1.54) is 122 Å². The molecule has 55 heavy (non-hydrogen) atoms. The summed E-state index contributed by atoms with van der Waals surface area (Å²) in [6.07, 6.45) is 46.5. The van der Waals surface area contributed by atoms with Gasteiger partial charge in [0.25, 0.3) is 0 Å². The van der Waals surface area contributed by atoms with Crippen LogP contribution in [0.3, 0.4) is 0 Å². The van der Waals surface area contributed by atoms with Crippen LogP contribution in [0, 0.1) is 0 Å². The molecular weight excluding hydrogens is 713 g/mol. The number of nitrogens with one attached hydrogen (secondary N) is 1. The Balaban J connectivity index is 3.55. The van der Waals surface area contributed by atoms with Crippen LogP contribution in [0.1, 0.15) is 206 Å². The predicted molar refractivity (Wildman–Crippen MR) is 229 cm³/mol. The largest absolute Gasteiger partial charge is 0.472 e. The number of rotatable bonds is 42. The highest BCUT2D eigenvalue weighted by Gasteiger charge is 2.23. The number of phosphoric acid groups is 1. The molecular formula is C45H84NO8P. The number of ether oxygens (including phenoxy) is 1. The van der Waals surface area contributed by atoms with E-state index in [9.17, 15) is 24.2 Å². The van der Waals surface area contributed by atoms with Crippen LogP contribution in [0.2, 0.25) is 0 Å². The molecule has 322 valence electrons. The molecule has 0 fully saturated rings. The van der Waals surface area contributed by atoms with Gasteiger partial charge in [-0.3, -0.25) is 18.6 Å². The standard InChI is InChI=1S/C45H84NO8P/c1-3-5-7-9-11-13-15-16-17-18-19-20-21-22-23-24-25-26-28-30-32-34-36-38-45(49)52-41-43(47)42-54-55(50,51)53-40-39-46-44(48)37-35-33-31-29-27-14-12-10-8-6-4-2/h10-13,16-17,43,47H,3-9,14-15,18-42H2,1-2H3,(H,46,48)(H,50,51)/b12-10-,13-11-,17-16-. The highest BCUT2D eigenvalue weighted by molar-refractivity contribution is 7.47. The van der Waals surface area contributed by atoms with Crippen LogP contribution < -0.4 is 5.32 Å². The minimum absolute atomic E-state index is 0.0776. The summed E-state index contributed by atoms with van der Waals surface area (Å²) < 4.78 is 26.9. The lowest BCUT2D eigenvalue weighted by atomic mass is 10.0. The molecule has 0 aliphatic heterocycles. The van der Waals surface area contributed by atoms with Gasteiger partial charge in [0.05, 0.1) is 13.2 Å². The normalized spacial score (nSPS) is 13.6. The molecule has 3 N–H and O–H groups in total. The zero-order valence-electron chi connectivity index (χ0n) is 35.4. The average Bonchev–Trinajstić information content (AvgIpc) is 3.17. The van der Waals surface area contributed by atoms with Crippen molar-refractivity contribution in [2.45, 2.75) is 213 Å². The number of hydrogen-bond donors (Lipinski definition) is 3. The Hall–Kier alpha value is -1.77. The molecule has 0 heterocycles. The smallest absolute Gasteiger partial charge is 0.463 e. The van der Waals surface area contributed by atoms with E-state index in [1.807, 2.05) is 0 Å². The molecule has 0 aliphatic carbocycles. The van der Waals surface area contributed by atoms with E-state index in [1.54, 1.807) is 0 Å². The van der Waals surface area contributed by atoms with Crippen LogP contribution in [0.25, 0.3) is 0 Å². The number of phosphoric ester groups is 1. The summed E-state index contributed by atoms with van der Waals surface area (Å²) >= 11 is 0. The molecule has 0 aromatic heterocycles. The first kappa shape index (κ1) is 53.2. The average molecular weight is 798 g/mol. The molecule has 0 aromatic rings. The number of aliphatic hydroxyl groups is 1. The maximum absolute atomic E-state index is 12.1. The number of unbranched alkanes of at least 4 members (excludes halogenated alkanes) is 23. The van der Waals surface area contributed by atoms with E-state index < -0.39 is 26.5 Å². The fraction of sp³-hybridized carbons (Fsp3) is 0.822. The van der Waals surface area contributed by atoms with Crippen molar-refractivity contribution in [3.8, 4) is 0 Å². The Labute approximate surface area is 337 Å². The van der Waals surface area contributed by atoms with Gasteiger partial charge in [0, 0.05) is 19.4 Å². The molecule has 0 radical (unpaired) electrons. The van der Waals surface area contributed by atoms with Gasteiger partial charge in [0.1, 0.15) is 12.7 Å². The Morgan fingerprint density at radius 2 is 1.00 bits per heavy atom. The molecule has 1 amide bonds. The van der Waals surface area contributed by atoms with Crippen LogP contribution in [-0.2, 0) is 27.9 Å². The molecule has 9 nitrogen and oxygen atoms in total. The third-order valence-corrected chi connectivity index (χ3v) is 10.5. The molecule has 0 saturated heterocycles. The second kappa shape index (κ2) is 41.9. The maximum Gasteiger partial charge on any atom is 0.472 e. The third-order valence-electron chi connectivity index (χ3n) is 9.54. The van der Waals surface area contributed by atoms with Crippen molar-refractivity contribution in [2.75, 3.05) is 26.4 Å². The quantitative estimate of drug-likeness (QED) is 0.0241. The molecule has 0 spiro atoms. The molecule has 0 rings (SSSR count). The summed E-state index contributed by atoms with van der Waals surface area (Å²) in [4.78, 5) is 33.9. The minimum Gasteiger partial charge on any atom is -0.463 e. The van der Waals surface area contributed by atoms with E-state index in [2.05, 4.69) is 55.6 Å². The molecule has 2 atom stereocenters. The zero-order valence-corrected chi connectivity index (χ0v) is 36.3. The Kier molecular flexibility index (Phi) is 40.5. The number of hydrogen-bond acceptors (Lipinski definition) is 7. The topological polar surface area (TPSA) is 131 Å². The highest BCUT2D eigenvalue weighted by atomic mass is 31.2. The van der Waals surface area contributed by atoms with Crippen molar-refractivity contribution in [1.82, 2.24) is 5.32 Å². The molecule has 0 aliphatic rings. The van der Waals surface area contributed by atoms with E-state index in [0.717, 1.165) is 57.8 Å². The number of carbonyl (C=O) groups is 2. The van der Waals surface area contributed by atoms with Crippen molar-refractivity contribution in [3.63, 3.8) is 0 Å². The summed E-state index contributed by atoms with van der Waals surface area (Å²) in [5.74, 6) is -0.525. The third kappa shape index (κ3) is 43.2.